The molecule has 1 aliphatic carbocycles. The zero-order chi connectivity index (χ0) is 15.5. The topological polar surface area (TPSA) is 41.3 Å². The van der Waals surface area contributed by atoms with Crippen molar-refractivity contribution in [3.8, 4) is 0 Å². The number of hydrogen-bond acceptors (Lipinski definition) is 3. The van der Waals surface area contributed by atoms with Crippen molar-refractivity contribution in [2.75, 3.05) is 19.6 Å². The van der Waals surface area contributed by atoms with Crippen LogP contribution in [0.4, 0.5) is 0 Å². The van der Waals surface area contributed by atoms with Gasteiger partial charge in [0.15, 0.2) is 0 Å². The van der Waals surface area contributed by atoms with Crippen LogP contribution in [0.3, 0.4) is 0 Å². The molecular formula is C18H31N3O. The van der Waals surface area contributed by atoms with Gasteiger partial charge in [0.05, 0.1) is 0 Å². The van der Waals surface area contributed by atoms with Gasteiger partial charge in [-0.25, -0.2) is 4.98 Å². The second-order valence-electron chi connectivity index (χ2n) is 7.61. The smallest absolute Gasteiger partial charge is 0.137 e. The Morgan fingerprint density at radius 2 is 1.86 bits per heavy atom. The normalized spacial score (nSPS) is 29.6. The minimum absolute atomic E-state index is 0.365. The number of aryl methyl sites for hydroxylation is 1. The number of nitrogens with zero attached hydrogens (tertiary/aromatic N) is 3. The van der Waals surface area contributed by atoms with Gasteiger partial charge in [0.1, 0.15) is 11.9 Å². The van der Waals surface area contributed by atoms with Crippen molar-refractivity contribution in [3.63, 3.8) is 0 Å². The first-order chi connectivity index (χ1) is 10.6. The van der Waals surface area contributed by atoms with Gasteiger partial charge >= 0.3 is 0 Å². The predicted molar refractivity (Wildman–Crippen MR) is 88.5 cm³/mol. The van der Waals surface area contributed by atoms with E-state index in [9.17, 15) is 5.11 Å². The van der Waals surface area contributed by atoms with Crippen molar-refractivity contribution in [2.24, 2.45) is 24.8 Å². The van der Waals surface area contributed by atoms with Crippen molar-refractivity contribution in [3.05, 3.63) is 18.2 Å². The van der Waals surface area contributed by atoms with E-state index in [0.717, 1.165) is 43.6 Å². The molecule has 3 rings (SSSR count). The van der Waals surface area contributed by atoms with E-state index in [0.29, 0.717) is 5.92 Å². The fourth-order valence-corrected chi connectivity index (χ4v) is 4.20. The molecule has 0 amide bonds. The van der Waals surface area contributed by atoms with Crippen molar-refractivity contribution in [1.82, 2.24) is 14.5 Å². The SMILES string of the molecule is CC1CCC(CN2CCC(C(O)c3nccn3C)CC2)CC1. The quantitative estimate of drug-likeness (QED) is 0.930. The van der Waals surface area contributed by atoms with Crippen LogP contribution in [0.1, 0.15) is 57.4 Å². The summed E-state index contributed by atoms with van der Waals surface area (Å²) in [5.41, 5.74) is 0. The molecule has 2 heterocycles. The first-order valence-corrected chi connectivity index (χ1v) is 9.01. The molecule has 1 aromatic heterocycles. The molecular weight excluding hydrogens is 274 g/mol. The van der Waals surface area contributed by atoms with Gasteiger partial charge in [-0.15, -0.1) is 0 Å². The number of rotatable bonds is 4. The van der Waals surface area contributed by atoms with Gasteiger partial charge in [-0.3, -0.25) is 0 Å². The molecule has 0 aromatic carbocycles. The lowest BCUT2D eigenvalue weighted by molar-refractivity contribution is 0.0443. The van der Waals surface area contributed by atoms with Gasteiger partial charge in [0.2, 0.25) is 0 Å². The summed E-state index contributed by atoms with van der Waals surface area (Å²) in [6.07, 6.45) is 11.1. The Morgan fingerprint density at radius 3 is 2.45 bits per heavy atom. The molecule has 2 aliphatic rings. The third-order valence-electron chi connectivity index (χ3n) is 5.85. The Balaban J connectivity index is 1.45. The summed E-state index contributed by atoms with van der Waals surface area (Å²) in [7, 11) is 1.96. The van der Waals surface area contributed by atoms with Gasteiger partial charge in [-0.2, -0.15) is 0 Å². The predicted octanol–water partition coefficient (Wildman–Crippen LogP) is 2.99. The molecule has 22 heavy (non-hydrogen) atoms. The van der Waals surface area contributed by atoms with Gasteiger partial charge < -0.3 is 14.6 Å². The zero-order valence-electron chi connectivity index (χ0n) is 14.1. The molecule has 2 fully saturated rings. The van der Waals surface area contributed by atoms with E-state index >= 15 is 0 Å². The maximum atomic E-state index is 10.5. The maximum Gasteiger partial charge on any atom is 0.137 e. The van der Waals surface area contributed by atoms with Gasteiger partial charge in [0, 0.05) is 26.0 Å². The third-order valence-corrected chi connectivity index (χ3v) is 5.85. The molecule has 0 bridgehead atoms. The largest absolute Gasteiger partial charge is 0.385 e. The number of imidazole rings is 1. The lowest BCUT2D eigenvalue weighted by atomic mass is 9.82. The van der Waals surface area contributed by atoms with Crippen molar-refractivity contribution < 1.29 is 5.11 Å². The molecule has 4 nitrogen and oxygen atoms in total. The van der Waals surface area contributed by atoms with Crippen LogP contribution in [-0.4, -0.2) is 39.2 Å². The summed E-state index contributed by atoms with van der Waals surface area (Å²) >= 11 is 0. The van der Waals surface area contributed by atoms with E-state index in [1.165, 1.54) is 32.2 Å². The van der Waals surface area contributed by atoms with Gasteiger partial charge in [-0.1, -0.05) is 19.8 Å². The summed E-state index contributed by atoms with van der Waals surface area (Å²) in [6, 6.07) is 0. The molecule has 1 N–H and O–H groups in total. The lowest BCUT2D eigenvalue weighted by Crippen LogP contribution is -2.39. The number of hydrogen-bond donors (Lipinski definition) is 1. The van der Waals surface area contributed by atoms with Crippen LogP contribution in [0, 0.1) is 17.8 Å². The molecule has 124 valence electrons. The van der Waals surface area contributed by atoms with Crippen molar-refractivity contribution >= 4 is 0 Å². The molecule has 1 aliphatic heterocycles. The molecule has 1 unspecified atom stereocenters. The van der Waals surface area contributed by atoms with E-state index in [1.807, 2.05) is 17.8 Å². The number of aliphatic hydroxyl groups is 1. The summed E-state index contributed by atoms with van der Waals surface area (Å²) in [4.78, 5) is 6.94. The lowest BCUT2D eigenvalue weighted by Gasteiger charge is -2.37. The molecule has 0 spiro atoms. The van der Waals surface area contributed by atoms with Crippen LogP contribution >= 0.6 is 0 Å². The minimum Gasteiger partial charge on any atom is -0.385 e. The van der Waals surface area contributed by atoms with E-state index in [4.69, 9.17) is 0 Å². The standard InChI is InChI=1S/C18H31N3O/c1-14-3-5-15(6-4-14)13-21-10-7-16(8-11-21)17(22)18-19-9-12-20(18)2/h9,12,14-17,22H,3-8,10-11,13H2,1-2H3. The molecule has 4 heteroatoms. The molecule has 1 atom stereocenters. The highest BCUT2D eigenvalue weighted by Crippen LogP contribution is 2.32. The van der Waals surface area contributed by atoms with Gasteiger partial charge in [0.25, 0.3) is 0 Å². The molecule has 1 aromatic rings. The fraction of sp³-hybridized carbons (Fsp3) is 0.833. The van der Waals surface area contributed by atoms with Crippen LogP contribution in [0.5, 0.6) is 0 Å². The highest BCUT2D eigenvalue weighted by Gasteiger charge is 2.29. The molecule has 1 saturated heterocycles. The van der Waals surface area contributed by atoms with E-state index in [2.05, 4.69) is 16.8 Å². The second-order valence-corrected chi connectivity index (χ2v) is 7.61. The highest BCUT2D eigenvalue weighted by molar-refractivity contribution is 4.98. The fourth-order valence-electron chi connectivity index (χ4n) is 4.20. The first-order valence-electron chi connectivity index (χ1n) is 9.01. The highest BCUT2D eigenvalue weighted by atomic mass is 16.3. The van der Waals surface area contributed by atoms with Gasteiger partial charge in [-0.05, 0) is 56.5 Å². The van der Waals surface area contributed by atoms with Crippen LogP contribution in [-0.2, 0) is 7.05 Å². The Hall–Kier alpha value is -0.870. The Morgan fingerprint density at radius 1 is 1.18 bits per heavy atom. The second kappa shape index (κ2) is 7.14. The Labute approximate surface area is 134 Å². The van der Waals surface area contributed by atoms with E-state index in [-0.39, 0.29) is 0 Å². The summed E-state index contributed by atoms with van der Waals surface area (Å²) in [5, 5.41) is 10.5. The van der Waals surface area contributed by atoms with Crippen LogP contribution in [0.2, 0.25) is 0 Å². The maximum absolute atomic E-state index is 10.5. The van der Waals surface area contributed by atoms with Crippen molar-refractivity contribution in [1.29, 1.82) is 0 Å². The van der Waals surface area contributed by atoms with Crippen LogP contribution < -0.4 is 0 Å². The Bertz CT molecular complexity index is 457. The third kappa shape index (κ3) is 3.72. The van der Waals surface area contributed by atoms with Crippen LogP contribution in [0.25, 0.3) is 0 Å². The summed E-state index contributed by atoms with van der Waals surface area (Å²) < 4.78 is 1.94. The molecule has 1 saturated carbocycles. The number of piperidine rings is 1. The number of aliphatic hydroxyl groups excluding tert-OH is 1. The first kappa shape index (κ1) is 16.0. The Kier molecular flexibility index (Phi) is 5.19. The van der Waals surface area contributed by atoms with E-state index < -0.39 is 6.10 Å². The summed E-state index contributed by atoms with van der Waals surface area (Å²) in [5.74, 6) is 3.03. The summed E-state index contributed by atoms with van der Waals surface area (Å²) in [6.45, 7) is 5.94. The van der Waals surface area contributed by atoms with Crippen LogP contribution in [0.15, 0.2) is 12.4 Å². The van der Waals surface area contributed by atoms with E-state index in [1.54, 1.807) is 6.20 Å². The number of likely N-dealkylation sites (tertiary alicyclic amines) is 1. The average Bonchev–Trinajstić information content (AvgIpc) is 2.96. The van der Waals surface area contributed by atoms with Crippen molar-refractivity contribution in [2.45, 2.75) is 51.6 Å². The zero-order valence-corrected chi connectivity index (χ0v) is 14.1. The minimum atomic E-state index is -0.405. The monoisotopic (exact) mass is 305 g/mol. The number of aromatic nitrogens is 2. The average molecular weight is 305 g/mol. The molecule has 0 radical (unpaired) electrons.